The molecule has 2 aliphatic rings. The maximum atomic E-state index is 11.6. The van der Waals surface area contributed by atoms with E-state index in [1.54, 1.807) is 4.90 Å². The maximum Gasteiger partial charge on any atom is 0.239 e. The van der Waals surface area contributed by atoms with Crippen LogP contribution in [0, 0.1) is 5.41 Å². The second-order valence-electron chi connectivity index (χ2n) is 4.26. The van der Waals surface area contributed by atoms with Gasteiger partial charge in [0.15, 0.2) is 0 Å². The Hall–Kier alpha value is -0.570. The van der Waals surface area contributed by atoms with Gasteiger partial charge in [0.1, 0.15) is 0 Å². The standard InChI is InChI=1S/C9H16N2O/c1-11(2)8(12)7-9(6-10-7)4-3-5-9/h7,10H,3-6H2,1-2H3. The lowest BCUT2D eigenvalue weighted by molar-refractivity contribution is -0.143. The van der Waals surface area contributed by atoms with Gasteiger partial charge in [0.05, 0.1) is 6.04 Å². The molecule has 1 unspecified atom stereocenters. The minimum Gasteiger partial charge on any atom is -0.347 e. The Morgan fingerprint density at radius 3 is 2.42 bits per heavy atom. The first-order chi connectivity index (χ1) is 5.66. The highest BCUT2D eigenvalue weighted by molar-refractivity contribution is 5.83. The Kier molecular flexibility index (Phi) is 1.65. The lowest BCUT2D eigenvalue weighted by Gasteiger charge is -2.56. The minimum absolute atomic E-state index is 0.126. The third kappa shape index (κ3) is 0.891. The zero-order chi connectivity index (χ0) is 8.77. The predicted molar refractivity (Wildman–Crippen MR) is 46.8 cm³/mol. The Bertz CT molecular complexity index is 203. The summed E-state index contributed by atoms with van der Waals surface area (Å²) in [5.74, 6) is 0.251. The molecule has 1 aliphatic heterocycles. The van der Waals surface area contributed by atoms with E-state index in [0.29, 0.717) is 5.41 Å². The molecular formula is C9H16N2O. The second kappa shape index (κ2) is 2.46. The van der Waals surface area contributed by atoms with Gasteiger partial charge >= 0.3 is 0 Å². The van der Waals surface area contributed by atoms with E-state index >= 15 is 0 Å². The summed E-state index contributed by atoms with van der Waals surface area (Å²) in [5.41, 5.74) is 0.362. The van der Waals surface area contributed by atoms with Gasteiger partial charge in [-0.1, -0.05) is 6.42 Å². The Labute approximate surface area is 73.1 Å². The van der Waals surface area contributed by atoms with E-state index in [4.69, 9.17) is 0 Å². The van der Waals surface area contributed by atoms with Crippen LogP contribution in [0.1, 0.15) is 19.3 Å². The lowest BCUT2D eigenvalue weighted by atomic mass is 9.59. The normalized spacial score (nSPS) is 30.7. The van der Waals surface area contributed by atoms with Crippen LogP contribution in [0.3, 0.4) is 0 Å². The van der Waals surface area contributed by atoms with Gasteiger partial charge in [-0.15, -0.1) is 0 Å². The first-order valence-electron chi connectivity index (χ1n) is 4.60. The number of nitrogens with zero attached hydrogens (tertiary/aromatic N) is 1. The smallest absolute Gasteiger partial charge is 0.239 e. The SMILES string of the molecule is CN(C)C(=O)C1NCC12CCC2. The molecule has 2 fully saturated rings. The van der Waals surface area contributed by atoms with Crippen molar-refractivity contribution in [2.45, 2.75) is 25.3 Å². The summed E-state index contributed by atoms with van der Waals surface area (Å²) in [6.07, 6.45) is 3.79. The van der Waals surface area contributed by atoms with Crippen LogP contribution in [-0.2, 0) is 4.79 Å². The summed E-state index contributed by atoms with van der Waals surface area (Å²) in [6.45, 7) is 1.05. The number of carbonyl (C=O) groups excluding carboxylic acids is 1. The molecule has 1 amide bonds. The van der Waals surface area contributed by atoms with Crippen molar-refractivity contribution >= 4 is 5.91 Å². The van der Waals surface area contributed by atoms with Crippen molar-refractivity contribution in [2.24, 2.45) is 5.41 Å². The van der Waals surface area contributed by atoms with Crippen molar-refractivity contribution in [3.8, 4) is 0 Å². The number of hydrogen-bond acceptors (Lipinski definition) is 2. The van der Waals surface area contributed by atoms with Gasteiger partial charge in [-0.25, -0.2) is 0 Å². The number of likely N-dealkylation sites (N-methyl/N-ethyl adjacent to an activating group) is 1. The van der Waals surface area contributed by atoms with Crippen LogP contribution in [0.25, 0.3) is 0 Å². The van der Waals surface area contributed by atoms with E-state index < -0.39 is 0 Å². The second-order valence-corrected chi connectivity index (χ2v) is 4.26. The molecule has 12 heavy (non-hydrogen) atoms. The van der Waals surface area contributed by atoms with Crippen LogP contribution < -0.4 is 5.32 Å². The largest absolute Gasteiger partial charge is 0.347 e. The lowest BCUT2D eigenvalue weighted by Crippen LogP contribution is -2.70. The van der Waals surface area contributed by atoms with Gasteiger partial charge in [0.25, 0.3) is 0 Å². The molecule has 0 bridgehead atoms. The molecule has 0 radical (unpaired) electrons. The van der Waals surface area contributed by atoms with Crippen molar-refractivity contribution in [1.29, 1.82) is 0 Å². The van der Waals surface area contributed by atoms with E-state index in [2.05, 4.69) is 5.32 Å². The molecular weight excluding hydrogens is 152 g/mol. The number of rotatable bonds is 1. The molecule has 1 heterocycles. The molecule has 1 atom stereocenters. The van der Waals surface area contributed by atoms with Gasteiger partial charge in [-0.2, -0.15) is 0 Å². The third-order valence-electron chi connectivity index (χ3n) is 3.31. The molecule has 0 aromatic carbocycles. The number of amides is 1. The van der Waals surface area contributed by atoms with Crippen LogP contribution in [0.2, 0.25) is 0 Å². The van der Waals surface area contributed by atoms with E-state index in [9.17, 15) is 4.79 Å². The van der Waals surface area contributed by atoms with E-state index in [-0.39, 0.29) is 11.9 Å². The van der Waals surface area contributed by atoms with Crippen LogP contribution in [-0.4, -0.2) is 37.5 Å². The quantitative estimate of drug-likeness (QED) is 0.607. The Morgan fingerprint density at radius 1 is 1.50 bits per heavy atom. The van der Waals surface area contributed by atoms with Gasteiger partial charge in [0.2, 0.25) is 5.91 Å². The van der Waals surface area contributed by atoms with Crippen molar-refractivity contribution in [1.82, 2.24) is 10.2 Å². The summed E-state index contributed by atoms with van der Waals surface area (Å²) in [7, 11) is 3.66. The average Bonchev–Trinajstić information content (AvgIpc) is 1.81. The molecule has 2 rings (SSSR count). The topological polar surface area (TPSA) is 32.3 Å². The molecule has 1 saturated heterocycles. The van der Waals surface area contributed by atoms with Crippen molar-refractivity contribution in [3.63, 3.8) is 0 Å². The van der Waals surface area contributed by atoms with E-state index in [1.165, 1.54) is 19.3 Å². The molecule has 1 N–H and O–H groups in total. The molecule has 68 valence electrons. The van der Waals surface area contributed by atoms with Gasteiger partial charge in [-0.05, 0) is 12.8 Å². The zero-order valence-electron chi connectivity index (χ0n) is 7.76. The van der Waals surface area contributed by atoms with Crippen LogP contribution >= 0.6 is 0 Å². The minimum atomic E-state index is 0.126. The van der Waals surface area contributed by atoms with Crippen molar-refractivity contribution in [2.75, 3.05) is 20.6 Å². The summed E-state index contributed by atoms with van der Waals surface area (Å²) in [4.78, 5) is 13.3. The molecule has 3 heteroatoms. The van der Waals surface area contributed by atoms with Crippen LogP contribution in [0.4, 0.5) is 0 Å². The zero-order valence-corrected chi connectivity index (χ0v) is 7.76. The highest BCUT2D eigenvalue weighted by atomic mass is 16.2. The molecule has 1 saturated carbocycles. The van der Waals surface area contributed by atoms with Gasteiger partial charge in [0, 0.05) is 26.1 Å². The predicted octanol–water partition coefficient (Wildman–Crippen LogP) is 0.217. The number of carbonyl (C=O) groups is 1. The van der Waals surface area contributed by atoms with Crippen molar-refractivity contribution < 1.29 is 4.79 Å². The highest BCUT2D eigenvalue weighted by Crippen LogP contribution is 2.48. The first-order valence-corrected chi connectivity index (χ1v) is 4.60. The summed E-state index contributed by atoms with van der Waals surface area (Å²) in [6, 6.07) is 0.126. The number of nitrogens with one attached hydrogen (secondary N) is 1. The van der Waals surface area contributed by atoms with Gasteiger partial charge in [-0.3, -0.25) is 4.79 Å². The van der Waals surface area contributed by atoms with Gasteiger partial charge < -0.3 is 10.2 Å². The fraction of sp³-hybridized carbons (Fsp3) is 0.889. The van der Waals surface area contributed by atoms with Crippen LogP contribution in [0.15, 0.2) is 0 Å². The van der Waals surface area contributed by atoms with E-state index in [0.717, 1.165) is 6.54 Å². The van der Waals surface area contributed by atoms with Crippen molar-refractivity contribution in [3.05, 3.63) is 0 Å². The van der Waals surface area contributed by atoms with E-state index in [1.807, 2.05) is 14.1 Å². The molecule has 0 aromatic rings. The molecule has 0 aromatic heterocycles. The first kappa shape index (κ1) is 8.05. The Morgan fingerprint density at radius 2 is 2.17 bits per heavy atom. The molecule has 3 nitrogen and oxygen atoms in total. The molecule has 1 aliphatic carbocycles. The maximum absolute atomic E-state index is 11.6. The number of hydrogen-bond donors (Lipinski definition) is 1. The molecule has 1 spiro atoms. The van der Waals surface area contributed by atoms with Crippen LogP contribution in [0.5, 0.6) is 0 Å². The fourth-order valence-electron chi connectivity index (χ4n) is 2.20. The third-order valence-corrected chi connectivity index (χ3v) is 3.31. The fourth-order valence-corrected chi connectivity index (χ4v) is 2.20. The monoisotopic (exact) mass is 168 g/mol. The summed E-state index contributed by atoms with van der Waals surface area (Å²) < 4.78 is 0. The summed E-state index contributed by atoms with van der Waals surface area (Å²) in [5, 5.41) is 3.23. The average molecular weight is 168 g/mol. The summed E-state index contributed by atoms with van der Waals surface area (Å²) >= 11 is 0. The Balaban J connectivity index is 2.01. The highest BCUT2D eigenvalue weighted by Gasteiger charge is 2.54.